The van der Waals surface area contributed by atoms with E-state index < -0.39 is 0 Å². The molecule has 3 rings (SSSR count). The zero-order valence-corrected chi connectivity index (χ0v) is 20.5. The van der Waals surface area contributed by atoms with Crippen LogP contribution in [0.15, 0.2) is 48.5 Å². The SMILES string of the molecule is CCCN(C(=O)CCCNc1ccc(C(=N)N)cc1)c1cccc(C(=O)N2C(C)CCC2C)c1. The number of nitrogen functional groups attached to an aromatic ring is 1. The summed E-state index contributed by atoms with van der Waals surface area (Å²) >= 11 is 0. The van der Waals surface area contributed by atoms with E-state index in [1.54, 1.807) is 17.0 Å². The number of carbonyl (C=O) groups is 2. The number of likely N-dealkylation sites (tertiary alicyclic amines) is 1. The monoisotopic (exact) mass is 463 g/mol. The molecule has 0 aliphatic carbocycles. The summed E-state index contributed by atoms with van der Waals surface area (Å²) in [4.78, 5) is 30.0. The number of nitrogens with two attached hydrogens (primary N) is 1. The van der Waals surface area contributed by atoms with E-state index in [2.05, 4.69) is 26.1 Å². The van der Waals surface area contributed by atoms with Gasteiger partial charge in [-0.15, -0.1) is 0 Å². The molecule has 2 aromatic rings. The number of hydrogen-bond donors (Lipinski definition) is 3. The van der Waals surface area contributed by atoms with Crippen LogP contribution >= 0.6 is 0 Å². The Hall–Kier alpha value is -3.35. The Bertz CT molecular complexity index is 994. The highest BCUT2D eigenvalue weighted by Gasteiger charge is 2.32. The molecule has 0 spiro atoms. The molecule has 0 bridgehead atoms. The van der Waals surface area contributed by atoms with Crippen molar-refractivity contribution >= 4 is 29.0 Å². The van der Waals surface area contributed by atoms with Crippen LogP contribution in [0.4, 0.5) is 11.4 Å². The summed E-state index contributed by atoms with van der Waals surface area (Å²) in [5.74, 6) is 0.148. The number of hydrogen-bond acceptors (Lipinski definition) is 4. The van der Waals surface area contributed by atoms with Crippen LogP contribution in [0, 0.1) is 5.41 Å². The lowest BCUT2D eigenvalue weighted by Crippen LogP contribution is -2.38. The molecule has 182 valence electrons. The molecule has 1 aliphatic heterocycles. The molecule has 2 atom stereocenters. The first-order chi connectivity index (χ1) is 16.3. The number of nitrogens with zero attached hydrogens (tertiary/aromatic N) is 2. The van der Waals surface area contributed by atoms with Gasteiger partial charge >= 0.3 is 0 Å². The van der Waals surface area contributed by atoms with Crippen LogP contribution in [0.3, 0.4) is 0 Å². The van der Waals surface area contributed by atoms with Gasteiger partial charge in [-0.25, -0.2) is 0 Å². The van der Waals surface area contributed by atoms with Crippen molar-refractivity contribution in [1.29, 1.82) is 5.41 Å². The molecule has 7 nitrogen and oxygen atoms in total. The normalized spacial score (nSPS) is 17.4. The largest absolute Gasteiger partial charge is 0.385 e. The van der Waals surface area contributed by atoms with Crippen molar-refractivity contribution in [3.05, 3.63) is 59.7 Å². The molecular formula is C27H37N5O2. The summed E-state index contributed by atoms with van der Waals surface area (Å²) < 4.78 is 0. The van der Waals surface area contributed by atoms with Gasteiger partial charge in [0.05, 0.1) is 0 Å². The third kappa shape index (κ3) is 6.16. The second-order valence-corrected chi connectivity index (χ2v) is 9.10. The van der Waals surface area contributed by atoms with Gasteiger partial charge in [-0.2, -0.15) is 0 Å². The van der Waals surface area contributed by atoms with E-state index in [4.69, 9.17) is 11.1 Å². The standard InChI is InChI=1S/C27H37N5O2/c1-4-17-31(25(33)9-6-16-30-23-14-12-21(13-15-23)26(28)29)24-8-5-7-22(18-24)27(34)32-19(2)10-11-20(32)3/h5,7-8,12-15,18-20,30H,4,6,9-11,16-17H2,1-3H3,(H3,28,29). The lowest BCUT2D eigenvalue weighted by molar-refractivity contribution is -0.118. The average molecular weight is 464 g/mol. The quantitative estimate of drug-likeness (QED) is 0.272. The van der Waals surface area contributed by atoms with E-state index in [1.165, 1.54) is 0 Å². The Kier molecular flexibility index (Phi) is 8.68. The maximum Gasteiger partial charge on any atom is 0.254 e. The third-order valence-corrected chi connectivity index (χ3v) is 6.43. The maximum absolute atomic E-state index is 13.2. The fourth-order valence-corrected chi connectivity index (χ4v) is 4.55. The lowest BCUT2D eigenvalue weighted by Gasteiger charge is -2.27. The van der Waals surface area contributed by atoms with Crippen molar-refractivity contribution in [3.8, 4) is 0 Å². The highest BCUT2D eigenvalue weighted by Crippen LogP contribution is 2.27. The van der Waals surface area contributed by atoms with Gasteiger partial charge in [-0.05, 0) is 82.0 Å². The number of amidine groups is 1. The third-order valence-electron chi connectivity index (χ3n) is 6.43. The molecule has 2 unspecified atom stereocenters. The molecule has 4 N–H and O–H groups in total. The number of benzene rings is 2. The summed E-state index contributed by atoms with van der Waals surface area (Å²) in [7, 11) is 0. The van der Waals surface area contributed by atoms with E-state index in [1.807, 2.05) is 41.3 Å². The van der Waals surface area contributed by atoms with E-state index >= 15 is 0 Å². The molecule has 0 saturated carbocycles. The van der Waals surface area contributed by atoms with Crippen LogP contribution in [0.1, 0.15) is 68.8 Å². The van der Waals surface area contributed by atoms with E-state index in [-0.39, 0.29) is 29.7 Å². The molecular weight excluding hydrogens is 426 g/mol. The fourth-order valence-electron chi connectivity index (χ4n) is 4.55. The summed E-state index contributed by atoms with van der Waals surface area (Å²) in [6.07, 6.45) is 4.00. The minimum absolute atomic E-state index is 0.0447. The molecule has 7 heteroatoms. The highest BCUT2D eigenvalue weighted by atomic mass is 16.2. The molecule has 1 aliphatic rings. The molecule has 1 saturated heterocycles. The Morgan fingerprint density at radius 2 is 1.76 bits per heavy atom. The summed E-state index contributed by atoms with van der Waals surface area (Å²) in [5.41, 5.74) is 8.53. The van der Waals surface area contributed by atoms with E-state index in [0.717, 1.165) is 30.6 Å². The second-order valence-electron chi connectivity index (χ2n) is 9.10. The Labute approximate surface area is 202 Å². The van der Waals surface area contributed by atoms with E-state index in [0.29, 0.717) is 37.1 Å². The van der Waals surface area contributed by atoms with Gasteiger partial charge in [0.25, 0.3) is 5.91 Å². The van der Waals surface area contributed by atoms with Crippen molar-refractivity contribution in [2.24, 2.45) is 5.73 Å². The number of rotatable bonds is 10. The fraction of sp³-hybridized carbons (Fsp3) is 0.444. The zero-order valence-electron chi connectivity index (χ0n) is 20.5. The summed E-state index contributed by atoms with van der Waals surface area (Å²) in [6.45, 7) is 7.53. The molecule has 0 aromatic heterocycles. The lowest BCUT2D eigenvalue weighted by atomic mass is 10.1. The maximum atomic E-state index is 13.2. The minimum Gasteiger partial charge on any atom is -0.385 e. The first-order valence-corrected chi connectivity index (χ1v) is 12.2. The van der Waals surface area contributed by atoms with Crippen LogP contribution < -0.4 is 16.0 Å². The van der Waals surface area contributed by atoms with Crippen LogP contribution in [0.25, 0.3) is 0 Å². The molecule has 1 heterocycles. The van der Waals surface area contributed by atoms with Gasteiger partial charge in [0.1, 0.15) is 5.84 Å². The average Bonchev–Trinajstić information content (AvgIpc) is 3.17. The molecule has 1 fully saturated rings. The summed E-state index contributed by atoms with van der Waals surface area (Å²) in [6, 6.07) is 15.3. The van der Waals surface area contributed by atoms with Crippen LogP contribution in [0.5, 0.6) is 0 Å². The number of nitrogens with one attached hydrogen (secondary N) is 2. The van der Waals surface area contributed by atoms with Gasteiger partial charge in [0.15, 0.2) is 0 Å². The molecule has 0 radical (unpaired) electrons. The Balaban J connectivity index is 1.60. The van der Waals surface area contributed by atoms with Gasteiger partial charge in [-0.3, -0.25) is 15.0 Å². The smallest absolute Gasteiger partial charge is 0.254 e. The van der Waals surface area contributed by atoms with Gasteiger partial charge in [0, 0.05) is 54.1 Å². The summed E-state index contributed by atoms with van der Waals surface area (Å²) in [5, 5.41) is 10.8. The van der Waals surface area contributed by atoms with Crippen molar-refractivity contribution in [1.82, 2.24) is 4.90 Å². The topological polar surface area (TPSA) is 103 Å². The highest BCUT2D eigenvalue weighted by molar-refractivity contribution is 5.98. The Morgan fingerprint density at radius 1 is 1.09 bits per heavy atom. The number of anilines is 2. The van der Waals surface area contributed by atoms with Gasteiger partial charge < -0.3 is 20.9 Å². The van der Waals surface area contributed by atoms with Crippen LogP contribution in [-0.2, 0) is 4.79 Å². The molecule has 2 aromatic carbocycles. The van der Waals surface area contributed by atoms with Gasteiger partial charge in [-0.1, -0.05) is 13.0 Å². The van der Waals surface area contributed by atoms with Crippen molar-refractivity contribution in [2.75, 3.05) is 23.3 Å². The predicted octanol–water partition coefficient (Wildman–Crippen LogP) is 4.62. The van der Waals surface area contributed by atoms with Crippen LogP contribution in [0.2, 0.25) is 0 Å². The Morgan fingerprint density at radius 3 is 2.38 bits per heavy atom. The molecule has 34 heavy (non-hydrogen) atoms. The zero-order chi connectivity index (χ0) is 24.7. The van der Waals surface area contributed by atoms with E-state index in [9.17, 15) is 9.59 Å². The number of carbonyl (C=O) groups excluding carboxylic acids is 2. The first kappa shape index (κ1) is 25.3. The minimum atomic E-state index is 0.0447. The van der Waals surface area contributed by atoms with Crippen molar-refractivity contribution in [2.45, 2.75) is 65.0 Å². The van der Waals surface area contributed by atoms with Gasteiger partial charge in [0.2, 0.25) is 5.91 Å². The van der Waals surface area contributed by atoms with Crippen molar-refractivity contribution < 1.29 is 9.59 Å². The second kappa shape index (κ2) is 11.7. The van der Waals surface area contributed by atoms with Crippen molar-refractivity contribution in [3.63, 3.8) is 0 Å². The first-order valence-electron chi connectivity index (χ1n) is 12.2. The number of amides is 2. The van der Waals surface area contributed by atoms with Crippen LogP contribution in [-0.4, -0.2) is 47.7 Å². The molecule has 2 amide bonds. The predicted molar refractivity (Wildman–Crippen MR) is 139 cm³/mol.